The standard InChI is InChI=1S/C12H18N2OS2/c1-2-14-11(15)10(17-12(14)16)9-13-7-5-3-4-6-8-13/h9H,2-8H2,1H3. The molecular formula is C12H18N2OS2. The summed E-state index contributed by atoms with van der Waals surface area (Å²) in [6, 6.07) is 0. The predicted octanol–water partition coefficient (Wildman–Crippen LogP) is 2.58. The van der Waals surface area contributed by atoms with Crippen molar-refractivity contribution in [2.75, 3.05) is 19.6 Å². The number of amides is 1. The molecule has 2 aliphatic rings. The molecule has 0 bridgehead atoms. The smallest absolute Gasteiger partial charge is 0.267 e. The number of carbonyl (C=O) groups excluding carboxylic acids is 1. The molecule has 0 aromatic heterocycles. The third kappa shape index (κ3) is 3.01. The Hall–Kier alpha value is -0.550. The third-order valence-electron chi connectivity index (χ3n) is 3.13. The number of hydrogen-bond acceptors (Lipinski definition) is 4. The zero-order chi connectivity index (χ0) is 12.3. The van der Waals surface area contributed by atoms with Gasteiger partial charge in [-0.25, -0.2) is 0 Å². The van der Waals surface area contributed by atoms with E-state index in [0.717, 1.165) is 18.0 Å². The summed E-state index contributed by atoms with van der Waals surface area (Å²) in [6.07, 6.45) is 7.08. The molecule has 3 nitrogen and oxygen atoms in total. The molecule has 0 spiro atoms. The summed E-state index contributed by atoms with van der Waals surface area (Å²) in [5.74, 6) is 0.0757. The van der Waals surface area contributed by atoms with Crippen LogP contribution in [0.3, 0.4) is 0 Å². The zero-order valence-corrected chi connectivity index (χ0v) is 11.8. The number of carbonyl (C=O) groups is 1. The van der Waals surface area contributed by atoms with E-state index < -0.39 is 0 Å². The van der Waals surface area contributed by atoms with E-state index in [-0.39, 0.29) is 5.91 Å². The Morgan fingerprint density at radius 1 is 1.29 bits per heavy atom. The van der Waals surface area contributed by atoms with E-state index in [1.54, 1.807) is 4.90 Å². The molecule has 2 rings (SSSR count). The molecule has 94 valence electrons. The van der Waals surface area contributed by atoms with Gasteiger partial charge in [0.1, 0.15) is 4.32 Å². The van der Waals surface area contributed by atoms with Crippen LogP contribution >= 0.6 is 24.0 Å². The molecule has 5 heteroatoms. The number of hydrogen-bond donors (Lipinski definition) is 0. The van der Waals surface area contributed by atoms with Gasteiger partial charge in [0.2, 0.25) is 0 Å². The zero-order valence-electron chi connectivity index (χ0n) is 10.1. The fourth-order valence-electron chi connectivity index (χ4n) is 2.15. The van der Waals surface area contributed by atoms with Gasteiger partial charge >= 0.3 is 0 Å². The van der Waals surface area contributed by atoms with E-state index >= 15 is 0 Å². The summed E-state index contributed by atoms with van der Waals surface area (Å²) >= 11 is 6.63. The molecule has 0 atom stereocenters. The molecule has 0 saturated carbocycles. The van der Waals surface area contributed by atoms with E-state index in [9.17, 15) is 4.79 Å². The van der Waals surface area contributed by atoms with Gasteiger partial charge in [0.25, 0.3) is 5.91 Å². The number of thioether (sulfide) groups is 1. The Morgan fingerprint density at radius 2 is 1.94 bits per heavy atom. The fraction of sp³-hybridized carbons (Fsp3) is 0.667. The van der Waals surface area contributed by atoms with Crippen LogP contribution in [-0.4, -0.2) is 39.7 Å². The van der Waals surface area contributed by atoms with Crippen LogP contribution in [-0.2, 0) is 4.79 Å². The minimum absolute atomic E-state index is 0.0757. The SMILES string of the molecule is CCN1C(=O)C(=CN2CCCCCC2)SC1=S. The number of likely N-dealkylation sites (N-methyl/N-ethyl adjacent to an activating group) is 1. The summed E-state index contributed by atoms with van der Waals surface area (Å²) < 4.78 is 0.693. The van der Waals surface area contributed by atoms with E-state index in [1.165, 1.54) is 37.4 Å². The van der Waals surface area contributed by atoms with E-state index in [0.29, 0.717) is 10.9 Å². The molecule has 0 unspecified atom stereocenters. The number of likely N-dealkylation sites (tertiary alicyclic amines) is 1. The Morgan fingerprint density at radius 3 is 2.47 bits per heavy atom. The highest BCUT2D eigenvalue weighted by molar-refractivity contribution is 8.26. The lowest BCUT2D eigenvalue weighted by Crippen LogP contribution is -2.28. The van der Waals surface area contributed by atoms with Crippen LogP contribution in [0, 0.1) is 0 Å². The molecule has 2 heterocycles. The van der Waals surface area contributed by atoms with Gasteiger partial charge in [0.15, 0.2) is 0 Å². The van der Waals surface area contributed by atoms with Crippen LogP contribution < -0.4 is 0 Å². The monoisotopic (exact) mass is 270 g/mol. The maximum Gasteiger partial charge on any atom is 0.267 e. The van der Waals surface area contributed by atoms with Gasteiger partial charge in [-0.15, -0.1) is 0 Å². The molecule has 0 radical (unpaired) electrons. The van der Waals surface area contributed by atoms with Crippen molar-refractivity contribution in [2.45, 2.75) is 32.6 Å². The first kappa shape index (κ1) is 12.9. The van der Waals surface area contributed by atoms with Gasteiger partial charge in [-0.1, -0.05) is 36.8 Å². The van der Waals surface area contributed by atoms with Gasteiger partial charge in [-0.05, 0) is 19.8 Å². The molecule has 17 heavy (non-hydrogen) atoms. The minimum atomic E-state index is 0.0757. The lowest BCUT2D eigenvalue weighted by molar-refractivity contribution is -0.122. The Balaban J connectivity index is 2.06. The Labute approximate surface area is 112 Å². The highest BCUT2D eigenvalue weighted by Crippen LogP contribution is 2.31. The quantitative estimate of drug-likeness (QED) is 0.568. The van der Waals surface area contributed by atoms with Gasteiger partial charge < -0.3 is 4.90 Å². The molecule has 0 N–H and O–H groups in total. The van der Waals surface area contributed by atoms with Crippen molar-refractivity contribution in [3.63, 3.8) is 0 Å². The topological polar surface area (TPSA) is 23.6 Å². The first-order valence-corrected chi connectivity index (χ1v) is 7.44. The Bertz CT molecular complexity index is 346. The number of thiocarbonyl (C=S) groups is 1. The molecule has 0 aromatic carbocycles. The first-order valence-electron chi connectivity index (χ1n) is 6.22. The average molecular weight is 270 g/mol. The van der Waals surface area contributed by atoms with E-state index in [1.807, 2.05) is 13.1 Å². The lowest BCUT2D eigenvalue weighted by Gasteiger charge is -2.17. The van der Waals surface area contributed by atoms with Crippen LogP contribution in [0.25, 0.3) is 0 Å². The largest absolute Gasteiger partial charge is 0.376 e. The van der Waals surface area contributed by atoms with Gasteiger partial charge in [-0.2, -0.15) is 0 Å². The molecule has 1 amide bonds. The number of nitrogens with zero attached hydrogens (tertiary/aromatic N) is 2. The van der Waals surface area contributed by atoms with Crippen LogP contribution in [0.15, 0.2) is 11.1 Å². The second-order valence-electron chi connectivity index (χ2n) is 4.36. The van der Waals surface area contributed by atoms with Crippen molar-refractivity contribution >= 4 is 34.2 Å². The molecule has 2 fully saturated rings. The summed E-state index contributed by atoms with van der Waals surface area (Å²) in [5.41, 5.74) is 0. The van der Waals surface area contributed by atoms with Gasteiger partial charge in [0, 0.05) is 25.8 Å². The van der Waals surface area contributed by atoms with Crippen molar-refractivity contribution in [1.82, 2.24) is 9.80 Å². The van der Waals surface area contributed by atoms with Gasteiger partial charge in [0.05, 0.1) is 4.91 Å². The summed E-state index contributed by atoms with van der Waals surface area (Å²) in [7, 11) is 0. The second kappa shape index (κ2) is 5.87. The first-order chi connectivity index (χ1) is 8.22. The van der Waals surface area contributed by atoms with Gasteiger partial charge in [-0.3, -0.25) is 9.69 Å². The van der Waals surface area contributed by atoms with E-state index in [2.05, 4.69) is 4.90 Å². The van der Waals surface area contributed by atoms with Crippen LogP contribution in [0.2, 0.25) is 0 Å². The lowest BCUT2D eigenvalue weighted by atomic mass is 10.2. The molecule has 2 saturated heterocycles. The second-order valence-corrected chi connectivity index (χ2v) is 6.04. The van der Waals surface area contributed by atoms with Crippen LogP contribution in [0.4, 0.5) is 0 Å². The maximum atomic E-state index is 12.0. The normalized spacial score (nSPS) is 24.6. The van der Waals surface area contributed by atoms with Crippen LogP contribution in [0.5, 0.6) is 0 Å². The van der Waals surface area contributed by atoms with Crippen molar-refractivity contribution in [3.8, 4) is 0 Å². The molecular weight excluding hydrogens is 252 g/mol. The summed E-state index contributed by atoms with van der Waals surface area (Å²) in [5, 5.41) is 0. The van der Waals surface area contributed by atoms with Crippen molar-refractivity contribution in [3.05, 3.63) is 11.1 Å². The fourth-order valence-corrected chi connectivity index (χ4v) is 3.54. The van der Waals surface area contributed by atoms with Crippen molar-refractivity contribution in [1.29, 1.82) is 0 Å². The maximum absolute atomic E-state index is 12.0. The minimum Gasteiger partial charge on any atom is -0.376 e. The number of rotatable bonds is 2. The Kier molecular flexibility index (Phi) is 4.45. The van der Waals surface area contributed by atoms with Crippen LogP contribution in [0.1, 0.15) is 32.6 Å². The highest BCUT2D eigenvalue weighted by Gasteiger charge is 2.31. The molecule has 0 aromatic rings. The average Bonchev–Trinajstić information content (AvgIpc) is 2.50. The highest BCUT2D eigenvalue weighted by atomic mass is 32.2. The molecule has 0 aliphatic carbocycles. The molecule has 2 aliphatic heterocycles. The van der Waals surface area contributed by atoms with Crippen molar-refractivity contribution in [2.24, 2.45) is 0 Å². The summed E-state index contributed by atoms with van der Waals surface area (Å²) in [6.45, 7) is 4.76. The predicted molar refractivity (Wildman–Crippen MR) is 75.7 cm³/mol. The summed E-state index contributed by atoms with van der Waals surface area (Å²) in [4.78, 5) is 16.8. The van der Waals surface area contributed by atoms with Crippen molar-refractivity contribution < 1.29 is 4.79 Å². The third-order valence-corrected chi connectivity index (χ3v) is 4.50. The van der Waals surface area contributed by atoms with E-state index in [4.69, 9.17) is 12.2 Å².